The summed E-state index contributed by atoms with van der Waals surface area (Å²) in [6.45, 7) is 6.16. The SMILES string of the molecule is CCC(C)[C@H](NC(=O)N(C)Cc1ccccc1C)C(=O)O. The summed E-state index contributed by atoms with van der Waals surface area (Å²) in [6, 6.07) is 6.59. The maximum Gasteiger partial charge on any atom is 0.326 e. The zero-order valence-electron chi connectivity index (χ0n) is 13.1. The van der Waals surface area contributed by atoms with Crippen LogP contribution in [0.5, 0.6) is 0 Å². The molecule has 1 aromatic rings. The third-order valence-corrected chi connectivity index (χ3v) is 3.77. The zero-order chi connectivity index (χ0) is 16.0. The number of urea groups is 1. The molecule has 0 aromatic heterocycles. The molecule has 0 aliphatic rings. The van der Waals surface area contributed by atoms with Crippen molar-refractivity contribution in [1.29, 1.82) is 0 Å². The molecular formula is C16H24N2O3. The van der Waals surface area contributed by atoms with Crippen LogP contribution >= 0.6 is 0 Å². The van der Waals surface area contributed by atoms with E-state index in [1.165, 1.54) is 4.90 Å². The first kappa shape index (κ1) is 17.0. The average molecular weight is 292 g/mol. The summed E-state index contributed by atoms with van der Waals surface area (Å²) < 4.78 is 0. The number of rotatable bonds is 6. The van der Waals surface area contributed by atoms with E-state index in [0.717, 1.165) is 11.1 Å². The number of benzene rings is 1. The topological polar surface area (TPSA) is 69.6 Å². The summed E-state index contributed by atoms with van der Waals surface area (Å²) in [5.74, 6) is -1.11. The lowest BCUT2D eigenvalue weighted by molar-refractivity contribution is -0.140. The first-order valence-electron chi connectivity index (χ1n) is 7.15. The molecule has 0 fully saturated rings. The minimum absolute atomic E-state index is 0.113. The van der Waals surface area contributed by atoms with E-state index < -0.39 is 12.0 Å². The van der Waals surface area contributed by atoms with E-state index in [1.807, 2.05) is 45.0 Å². The van der Waals surface area contributed by atoms with Crippen LogP contribution in [0.1, 0.15) is 31.4 Å². The lowest BCUT2D eigenvalue weighted by Gasteiger charge is -2.25. The molecule has 5 heteroatoms. The van der Waals surface area contributed by atoms with Crippen molar-refractivity contribution in [2.45, 2.75) is 39.8 Å². The van der Waals surface area contributed by atoms with Crippen LogP contribution in [0.25, 0.3) is 0 Å². The molecule has 0 aliphatic carbocycles. The Morgan fingerprint density at radius 1 is 1.33 bits per heavy atom. The molecule has 2 amide bonds. The van der Waals surface area contributed by atoms with E-state index in [4.69, 9.17) is 0 Å². The average Bonchev–Trinajstić information content (AvgIpc) is 2.45. The van der Waals surface area contributed by atoms with Gasteiger partial charge in [0.05, 0.1) is 0 Å². The van der Waals surface area contributed by atoms with Gasteiger partial charge in [0, 0.05) is 13.6 Å². The number of nitrogens with zero attached hydrogens (tertiary/aromatic N) is 1. The fraction of sp³-hybridized carbons (Fsp3) is 0.500. The fourth-order valence-electron chi connectivity index (χ4n) is 2.04. The van der Waals surface area contributed by atoms with Crippen molar-refractivity contribution in [3.05, 3.63) is 35.4 Å². The molecule has 116 valence electrons. The molecule has 0 spiro atoms. The van der Waals surface area contributed by atoms with Gasteiger partial charge >= 0.3 is 12.0 Å². The molecule has 0 saturated carbocycles. The highest BCUT2D eigenvalue weighted by atomic mass is 16.4. The van der Waals surface area contributed by atoms with Crippen LogP contribution < -0.4 is 5.32 Å². The molecule has 2 atom stereocenters. The molecule has 21 heavy (non-hydrogen) atoms. The standard InChI is InChI=1S/C16H24N2O3/c1-5-11(2)14(15(19)20)17-16(21)18(4)10-13-9-7-6-8-12(13)3/h6-9,11,14H,5,10H2,1-4H3,(H,17,21)(H,19,20)/t11?,14-/m0/s1. The van der Waals surface area contributed by atoms with Gasteiger partial charge in [-0.15, -0.1) is 0 Å². The van der Waals surface area contributed by atoms with Crippen molar-refractivity contribution in [2.24, 2.45) is 5.92 Å². The minimum Gasteiger partial charge on any atom is -0.480 e. The molecule has 0 radical (unpaired) electrons. The van der Waals surface area contributed by atoms with E-state index in [9.17, 15) is 14.7 Å². The van der Waals surface area contributed by atoms with E-state index in [2.05, 4.69) is 5.32 Å². The van der Waals surface area contributed by atoms with Gasteiger partial charge in [-0.05, 0) is 24.0 Å². The molecule has 0 bridgehead atoms. The summed E-state index contributed by atoms with van der Waals surface area (Å²) in [6.07, 6.45) is 0.693. The minimum atomic E-state index is -0.998. The van der Waals surface area contributed by atoms with E-state index in [-0.39, 0.29) is 11.9 Å². The van der Waals surface area contributed by atoms with Crippen LogP contribution in [0.2, 0.25) is 0 Å². The van der Waals surface area contributed by atoms with Crippen LogP contribution in [0.15, 0.2) is 24.3 Å². The van der Waals surface area contributed by atoms with Crippen LogP contribution in [0, 0.1) is 12.8 Å². The first-order chi connectivity index (χ1) is 9.86. The number of nitrogens with one attached hydrogen (secondary N) is 1. The van der Waals surface area contributed by atoms with E-state index in [0.29, 0.717) is 13.0 Å². The van der Waals surface area contributed by atoms with Crippen LogP contribution in [-0.2, 0) is 11.3 Å². The Kier molecular flexibility index (Phi) is 6.21. The van der Waals surface area contributed by atoms with E-state index >= 15 is 0 Å². The number of carbonyl (C=O) groups excluding carboxylic acids is 1. The summed E-state index contributed by atoms with van der Waals surface area (Å²) >= 11 is 0. The quantitative estimate of drug-likeness (QED) is 0.847. The maximum absolute atomic E-state index is 12.1. The smallest absolute Gasteiger partial charge is 0.326 e. The van der Waals surface area contributed by atoms with Crippen LogP contribution in [0.4, 0.5) is 4.79 Å². The van der Waals surface area contributed by atoms with Crippen molar-refractivity contribution < 1.29 is 14.7 Å². The van der Waals surface area contributed by atoms with Gasteiger partial charge in [-0.25, -0.2) is 9.59 Å². The Labute approximate surface area is 126 Å². The second-order valence-corrected chi connectivity index (χ2v) is 5.43. The molecule has 0 heterocycles. The van der Waals surface area contributed by atoms with Crippen molar-refractivity contribution in [3.63, 3.8) is 0 Å². The van der Waals surface area contributed by atoms with Crippen molar-refractivity contribution >= 4 is 12.0 Å². The van der Waals surface area contributed by atoms with Gasteiger partial charge in [0.15, 0.2) is 0 Å². The van der Waals surface area contributed by atoms with Crippen LogP contribution in [0.3, 0.4) is 0 Å². The molecule has 0 saturated heterocycles. The van der Waals surface area contributed by atoms with Crippen molar-refractivity contribution in [3.8, 4) is 0 Å². The predicted octanol–water partition coefficient (Wildman–Crippen LogP) is 2.64. The third-order valence-electron chi connectivity index (χ3n) is 3.77. The number of aliphatic carboxylic acids is 1. The second-order valence-electron chi connectivity index (χ2n) is 5.43. The highest BCUT2D eigenvalue weighted by Crippen LogP contribution is 2.11. The Morgan fingerprint density at radius 2 is 1.95 bits per heavy atom. The first-order valence-corrected chi connectivity index (χ1v) is 7.15. The lowest BCUT2D eigenvalue weighted by atomic mass is 9.99. The molecular weight excluding hydrogens is 268 g/mol. The van der Waals surface area contributed by atoms with Crippen molar-refractivity contribution in [2.75, 3.05) is 7.05 Å². The van der Waals surface area contributed by atoms with Gasteiger partial charge < -0.3 is 15.3 Å². The number of carboxylic acid groups (broad SMARTS) is 1. The van der Waals surface area contributed by atoms with Crippen molar-refractivity contribution in [1.82, 2.24) is 10.2 Å². The predicted molar refractivity (Wildman–Crippen MR) is 82.1 cm³/mol. The molecule has 0 aliphatic heterocycles. The Bertz CT molecular complexity index is 502. The Hall–Kier alpha value is -2.04. The number of aryl methyl sites for hydroxylation is 1. The molecule has 1 unspecified atom stereocenters. The largest absolute Gasteiger partial charge is 0.480 e. The number of carbonyl (C=O) groups is 2. The summed E-state index contributed by atoms with van der Waals surface area (Å²) in [4.78, 5) is 24.9. The Morgan fingerprint density at radius 3 is 2.48 bits per heavy atom. The van der Waals surface area contributed by atoms with Gasteiger partial charge in [0.25, 0.3) is 0 Å². The molecule has 5 nitrogen and oxygen atoms in total. The van der Waals surface area contributed by atoms with Crippen LogP contribution in [-0.4, -0.2) is 35.1 Å². The van der Waals surface area contributed by atoms with Gasteiger partial charge in [-0.1, -0.05) is 44.5 Å². The number of amides is 2. The molecule has 1 aromatic carbocycles. The van der Waals surface area contributed by atoms with Gasteiger partial charge in [0.1, 0.15) is 6.04 Å². The molecule has 1 rings (SSSR count). The second kappa shape index (κ2) is 7.67. The summed E-state index contributed by atoms with van der Waals surface area (Å²) in [5.41, 5.74) is 2.15. The summed E-state index contributed by atoms with van der Waals surface area (Å²) in [5, 5.41) is 11.8. The summed E-state index contributed by atoms with van der Waals surface area (Å²) in [7, 11) is 1.66. The normalized spacial score (nSPS) is 13.3. The highest BCUT2D eigenvalue weighted by Gasteiger charge is 2.26. The fourth-order valence-corrected chi connectivity index (χ4v) is 2.04. The number of hydrogen-bond acceptors (Lipinski definition) is 2. The van der Waals surface area contributed by atoms with E-state index in [1.54, 1.807) is 7.05 Å². The monoisotopic (exact) mass is 292 g/mol. The lowest BCUT2D eigenvalue weighted by Crippen LogP contribution is -2.49. The Balaban J connectivity index is 2.70. The van der Waals surface area contributed by atoms with Gasteiger partial charge in [-0.2, -0.15) is 0 Å². The third kappa shape index (κ3) is 4.77. The number of carboxylic acids is 1. The number of hydrogen-bond donors (Lipinski definition) is 2. The van der Waals surface area contributed by atoms with Gasteiger partial charge in [0.2, 0.25) is 0 Å². The highest BCUT2D eigenvalue weighted by molar-refractivity contribution is 5.82. The van der Waals surface area contributed by atoms with Gasteiger partial charge in [-0.3, -0.25) is 0 Å². The maximum atomic E-state index is 12.1. The molecule has 2 N–H and O–H groups in total. The zero-order valence-corrected chi connectivity index (χ0v) is 13.1.